The van der Waals surface area contributed by atoms with Crippen molar-refractivity contribution < 1.29 is 8.42 Å². The van der Waals surface area contributed by atoms with E-state index in [0.717, 1.165) is 44.3 Å². The molecule has 0 saturated carbocycles. The lowest BCUT2D eigenvalue weighted by atomic mass is 10.2. The number of hydrogen-bond acceptors (Lipinski definition) is 7. The summed E-state index contributed by atoms with van der Waals surface area (Å²) in [7, 11) is -3.51. The lowest BCUT2D eigenvalue weighted by molar-refractivity contribution is 0.179. The molecule has 132 valence electrons. The van der Waals surface area contributed by atoms with Crippen LogP contribution in [0, 0.1) is 0 Å². The SMILES string of the molecule is Cl.O=S(=O)(c1cccc2nsnc12)N1CCC(N2CCNCC2)C1. The molecule has 24 heavy (non-hydrogen) atoms. The van der Waals surface area contributed by atoms with Gasteiger partial charge in [-0.2, -0.15) is 13.1 Å². The fourth-order valence-corrected chi connectivity index (χ4v) is 5.65. The number of piperazine rings is 1. The quantitative estimate of drug-likeness (QED) is 0.835. The van der Waals surface area contributed by atoms with Gasteiger partial charge in [0.25, 0.3) is 0 Å². The minimum atomic E-state index is -3.51. The predicted octanol–water partition coefficient (Wildman–Crippen LogP) is 0.781. The summed E-state index contributed by atoms with van der Waals surface area (Å²) < 4.78 is 35.9. The number of aromatic nitrogens is 2. The summed E-state index contributed by atoms with van der Waals surface area (Å²) in [6, 6.07) is 5.49. The molecule has 7 nitrogen and oxygen atoms in total. The van der Waals surface area contributed by atoms with Gasteiger partial charge in [0.15, 0.2) is 0 Å². The zero-order valence-corrected chi connectivity index (χ0v) is 15.5. The van der Waals surface area contributed by atoms with Crippen LogP contribution in [0.5, 0.6) is 0 Å². The summed E-state index contributed by atoms with van der Waals surface area (Å²) in [6.45, 7) is 5.08. The summed E-state index contributed by atoms with van der Waals surface area (Å²) in [5.74, 6) is 0. The molecule has 2 aromatic rings. The maximum atomic E-state index is 13.0. The smallest absolute Gasteiger partial charge is 0.245 e. The van der Waals surface area contributed by atoms with Gasteiger partial charge in [0.05, 0.1) is 11.7 Å². The number of benzene rings is 1. The third kappa shape index (κ3) is 3.16. The standard InChI is InChI=1S/C14H19N5O2S2.ClH/c20-23(21,13-3-1-2-12-14(13)17-22-16-12)19-7-4-11(10-19)18-8-5-15-6-9-18;/h1-3,11,15H,4-10H2;1H. The van der Waals surface area contributed by atoms with E-state index in [0.29, 0.717) is 30.2 Å². The van der Waals surface area contributed by atoms with Gasteiger partial charge in [-0.1, -0.05) is 6.07 Å². The largest absolute Gasteiger partial charge is 0.314 e. The van der Waals surface area contributed by atoms with Crippen molar-refractivity contribution in [3.63, 3.8) is 0 Å². The Morgan fingerprint density at radius 2 is 1.96 bits per heavy atom. The average molecular weight is 390 g/mol. The van der Waals surface area contributed by atoms with Crippen molar-refractivity contribution in [2.75, 3.05) is 39.3 Å². The van der Waals surface area contributed by atoms with E-state index in [2.05, 4.69) is 19.0 Å². The molecule has 0 bridgehead atoms. The van der Waals surface area contributed by atoms with E-state index >= 15 is 0 Å². The molecule has 1 atom stereocenters. The molecule has 2 saturated heterocycles. The van der Waals surface area contributed by atoms with Crippen molar-refractivity contribution in [1.82, 2.24) is 23.3 Å². The molecule has 0 radical (unpaired) electrons. The fraction of sp³-hybridized carbons (Fsp3) is 0.571. The van der Waals surface area contributed by atoms with Crippen molar-refractivity contribution in [2.45, 2.75) is 17.4 Å². The van der Waals surface area contributed by atoms with Crippen LogP contribution < -0.4 is 5.32 Å². The lowest BCUT2D eigenvalue weighted by Gasteiger charge is -2.32. The summed E-state index contributed by atoms with van der Waals surface area (Å²) in [6.07, 6.45) is 0.893. The Balaban J connectivity index is 0.00000169. The molecule has 2 fully saturated rings. The van der Waals surface area contributed by atoms with Crippen LogP contribution in [0.4, 0.5) is 0 Å². The van der Waals surface area contributed by atoms with Crippen LogP contribution in [0.2, 0.25) is 0 Å². The molecule has 2 aliphatic rings. The number of nitrogens with one attached hydrogen (secondary N) is 1. The molecule has 1 aromatic carbocycles. The van der Waals surface area contributed by atoms with Crippen molar-refractivity contribution in [3.05, 3.63) is 18.2 Å². The van der Waals surface area contributed by atoms with Gasteiger partial charge in [-0.15, -0.1) is 12.4 Å². The van der Waals surface area contributed by atoms with Crippen molar-refractivity contribution in [2.24, 2.45) is 0 Å². The highest BCUT2D eigenvalue weighted by Gasteiger charge is 2.36. The first-order chi connectivity index (χ1) is 11.2. The summed E-state index contributed by atoms with van der Waals surface area (Å²) in [4.78, 5) is 2.68. The van der Waals surface area contributed by atoms with Crippen LogP contribution >= 0.6 is 24.1 Å². The van der Waals surface area contributed by atoms with E-state index in [4.69, 9.17) is 0 Å². The van der Waals surface area contributed by atoms with Gasteiger partial charge in [0, 0.05) is 45.3 Å². The predicted molar refractivity (Wildman–Crippen MR) is 96.3 cm³/mol. The maximum Gasteiger partial charge on any atom is 0.245 e. The Bertz CT molecular complexity index is 806. The molecule has 4 rings (SSSR count). The molecule has 0 aliphatic carbocycles. The first-order valence-corrected chi connectivity index (χ1v) is 9.99. The molecule has 3 heterocycles. The second-order valence-corrected chi connectivity index (χ2v) is 8.41. The van der Waals surface area contributed by atoms with Crippen LogP contribution in [-0.2, 0) is 10.0 Å². The van der Waals surface area contributed by atoms with E-state index in [-0.39, 0.29) is 17.3 Å². The normalized spacial score (nSPS) is 23.4. The number of fused-ring (bicyclic) bond motifs is 1. The molecule has 1 aromatic heterocycles. The summed E-state index contributed by atoms with van der Waals surface area (Å²) in [5.41, 5.74) is 1.14. The van der Waals surface area contributed by atoms with Gasteiger partial charge in [-0.25, -0.2) is 8.42 Å². The van der Waals surface area contributed by atoms with E-state index in [1.54, 1.807) is 22.5 Å². The Hall–Kier alpha value is -0.840. The molecule has 0 spiro atoms. The van der Waals surface area contributed by atoms with Crippen molar-refractivity contribution >= 4 is 45.2 Å². The third-order valence-electron chi connectivity index (χ3n) is 4.66. The maximum absolute atomic E-state index is 13.0. The van der Waals surface area contributed by atoms with Gasteiger partial charge in [-0.05, 0) is 18.6 Å². The van der Waals surface area contributed by atoms with Gasteiger partial charge in [0.2, 0.25) is 10.0 Å². The first-order valence-electron chi connectivity index (χ1n) is 7.82. The third-order valence-corrected chi connectivity index (χ3v) is 7.10. The molecular formula is C14H20ClN5O2S2. The highest BCUT2D eigenvalue weighted by molar-refractivity contribution is 7.89. The number of sulfonamides is 1. The van der Waals surface area contributed by atoms with Gasteiger partial charge >= 0.3 is 0 Å². The summed E-state index contributed by atoms with van der Waals surface area (Å²) in [5, 5.41) is 3.34. The van der Waals surface area contributed by atoms with Crippen LogP contribution in [0.3, 0.4) is 0 Å². The number of halogens is 1. The van der Waals surface area contributed by atoms with Gasteiger partial charge in [0.1, 0.15) is 15.9 Å². The molecule has 2 aliphatic heterocycles. The molecule has 1 unspecified atom stereocenters. The van der Waals surface area contributed by atoms with Crippen molar-refractivity contribution in [1.29, 1.82) is 0 Å². The number of nitrogens with zero attached hydrogens (tertiary/aromatic N) is 4. The minimum absolute atomic E-state index is 0. The highest BCUT2D eigenvalue weighted by Crippen LogP contribution is 2.28. The second kappa shape index (κ2) is 7.19. The van der Waals surface area contributed by atoms with E-state index < -0.39 is 10.0 Å². The molecular weight excluding hydrogens is 370 g/mol. The molecule has 0 amide bonds. The molecule has 10 heteroatoms. The Morgan fingerprint density at radius 1 is 1.17 bits per heavy atom. The van der Waals surface area contributed by atoms with Crippen LogP contribution in [0.15, 0.2) is 23.1 Å². The minimum Gasteiger partial charge on any atom is -0.314 e. The van der Waals surface area contributed by atoms with Crippen LogP contribution in [-0.4, -0.2) is 71.7 Å². The highest BCUT2D eigenvalue weighted by atomic mass is 35.5. The van der Waals surface area contributed by atoms with Crippen molar-refractivity contribution in [3.8, 4) is 0 Å². The Morgan fingerprint density at radius 3 is 2.75 bits per heavy atom. The first kappa shape index (κ1) is 18.0. The van der Waals surface area contributed by atoms with E-state index in [1.807, 2.05) is 0 Å². The van der Waals surface area contributed by atoms with E-state index in [9.17, 15) is 8.42 Å². The lowest BCUT2D eigenvalue weighted by Crippen LogP contribution is -2.49. The van der Waals surface area contributed by atoms with Crippen LogP contribution in [0.1, 0.15) is 6.42 Å². The van der Waals surface area contributed by atoms with Gasteiger partial charge in [-0.3, -0.25) is 4.90 Å². The topological polar surface area (TPSA) is 78.4 Å². The fourth-order valence-electron chi connectivity index (χ4n) is 3.40. The van der Waals surface area contributed by atoms with E-state index in [1.165, 1.54) is 0 Å². The zero-order valence-electron chi connectivity index (χ0n) is 13.1. The zero-order chi connectivity index (χ0) is 15.9. The molecule has 1 N–H and O–H groups in total. The Kier molecular flexibility index (Phi) is 5.38. The number of rotatable bonds is 3. The summed E-state index contributed by atoms with van der Waals surface area (Å²) >= 11 is 1.05. The van der Waals surface area contributed by atoms with Gasteiger partial charge < -0.3 is 5.32 Å². The number of hydrogen-bond donors (Lipinski definition) is 1. The second-order valence-electron chi connectivity index (χ2n) is 5.98. The average Bonchev–Trinajstić information content (AvgIpc) is 3.24. The van der Waals surface area contributed by atoms with Crippen LogP contribution in [0.25, 0.3) is 11.0 Å². The Labute approximate surface area is 151 Å². The monoisotopic (exact) mass is 389 g/mol.